The number of halogens is 1. The molecule has 0 aromatic carbocycles. The molecule has 0 rings (SSSR count). The first kappa shape index (κ1) is 21.7. The zero-order valence-corrected chi connectivity index (χ0v) is 16.8. The second-order valence-electron chi connectivity index (χ2n) is 5.87. The molecule has 0 heterocycles. The molecule has 21 heavy (non-hydrogen) atoms. The van der Waals surface area contributed by atoms with Crippen LogP contribution in [0.4, 0.5) is 0 Å². The van der Waals surface area contributed by atoms with E-state index in [2.05, 4.69) is 33.9 Å². The van der Waals surface area contributed by atoms with Crippen LogP contribution in [0.5, 0.6) is 0 Å². The summed E-state index contributed by atoms with van der Waals surface area (Å²) in [6.07, 6.45) is 19.6. The lowest BCUT2D eigenvalue weighted by molar-refractivity contribution is 0.535. The van der Waals surface area contributed by atoms with Crippen LogP contribution in [0.25, 0.3) is 0 Å². The Labute approximate surface area is 152 Å². The summed E-state index contributed by atoms with van der Waals surface area (Å²) in [5.41, 5.74) is 0. The van der Waals surface area contributed by atoms with Gasteiger partial charge in [0.25, 0.3) is 0 Å². The van der Waals surface area contributed by atoms with Crippen molar-refractivity contribution in [1.29, 1.82) is 0 Å². The fraction of sp³-hybridized carbons (Fsp3) is 0.941. The Morgan fingerprint density at radius 2 is 1.00 bits per heavy atom. The first-order valence-electron chi connectivity index (χ1n) is 8.80. The van der Waals surface area contributed by atoms with Crippen LogP contribution in [0.3, 0.4) is 0 Å². The van der Waals surface area contributed by atoms with Gasteiger partial charge in [0.15, 0.2) is 0 Å². The van der Waals surface area contributed by atoms with Crippen molar-refractivity contribution < 1.29 is 0 Å². The van der Waals surface area contributed by atoms with Crippen molar-refractivity contribution in [2.75, 3.05) is 11.9 Å². The van der Waals surface area contributed by atoms with Gasteiger partial charge in [0.05, 0.1) is 0 Å². The highest BCUT2D eigenvalue weighted by molar-refractivity contribution is 9.09. The first-order chi connectivity index (χ1) is 10.3. The van der Waals surface area contributed by atoms with Crippen molar-refractivity contribution in [2.24, 2.45) is 0 Å². The Hall–Kier alpha value is 0.720. The number of nitrogens with one attached hydrogen (secondary N) is 1. The molecule has 0 aliphatic heterocycles. The van der Waals surface area contributed by atoms with E-state index in [4.69, 9.17) is 12.2 Å². The molecule has 0 saturated carbocycles. The van der Waals surface area contributed by atoms with Gasteiger partial charge in [-0.1, -0.05) is 105 Å². The minimum Gasteiger partial charge on any atom is -0.371 e. The van der Waals surface area contributed by atoms with Crippen molar-refractivity contribution in [3.8, 4) is 0 Å². The van der Waals surface area contributed by atoms with E-state index in [0.717, 1.165) is 6.54 Å². The van der Waals surface area contributed by atoms with Gasteiger partial charge >= 0.3 is 0 Å². The second-order valence-corrected chi connectivity index (χ2v) is 7.82. The molecule has 0 aliphatic carbocycles. The van der Waals surface area contributed by atoms with Gasteiger partial charge in [-0.3, -0.25) is 0 Å². The molecule has 1 N–H and O–H groups in total. The van der Waals surface area contributed by atoms with Crippen LogP contribution in [-0.2, 0) is 0 Å². The van der Waals surface area contributed by atoms with Gasteiger partial charge in [-0.25, -0.2) is 0 Å². The molecule has 0 bridgehead atoms. The van der Waals surface area contributed by atoms with Gasteiger partial charge in [-0.2, -0.15) is 0 Å². The summed E-state index contributed by atoms with van der Waals surface area (Å²) in [5, 5.41) is 4.26. The second kappa shape index (κ2) is 18.8. The molecule has 0 saturated heterocycles. The molecule has 0 radical (unpaired) electrons. The van der Waals surface area contributed by atoms with Gasteiger partial charge in [0.2, 0.25) is 0 Å². The van der Waals surface area contributed by atoms with Crippen LogP contribution in [0.15, 0.2) is 0 Å². The van der Waals surface area contributed by atoms with Crippen LogP contribution >= 0.6 is 40.8 Å². The van der Waals surface area contributed by atoms with Crippen LogP contribution in [0, 0.1) is 0 Å². The van der Waals surface area contributed by atoms with E-state index in [1.807, 2.05) is 0 Å². The molecule has 1 nitrogen and oxygen atoms in total. The minimum atomic E-state index is 0.623. The van der Waals surface area contributed by atoms with Crippen LogP contribution in [-0.4, -0.2) is 16.2 Å². The van der Waals surface area contributed by atoms with Gasteiger partial charge in [-0.15, -0.1) is 12.6 Å². The quantitative estimate of drug-likeness (QED) is 0.131. The van der Waals surface area contributed by atoms with E-state index >= 15 is 0 Å². The summed E-state index contributed by atoms with van der Waals surface area (Å²) in [6, 6.07) is 0. The Balaban J connectivity index is 2.95. The Morgan fingerprint density at radius 1 is 0.667 bits per heavy atom. The SMILES string of the molecule is S=C(S)NCCCCCCCCCCCCCCCCBr. The predicted molar refractivity (Wildman–Crippen MR) is 108 cm³/mol. The zero-order chi connectivity index (χ0) is 15.6. The number of rotatable bonds is 16. The van der Waals surface area contributed by atoms with Gasteiger partial charge in [0.1, 0.15) is 4.32 Å². The maximum Gasteiger partial charge on any atom is 0.130 e. The van der Waals surface area contributed by atoms with E-state index in [9.17, 15) is 0 Å². The summed E-state index contributed by atoms with van der Waals surface area (Å²) in [6.45, 7) is 0.984. The number of thiol groups is 1. The molecule has 0 atom stereocenters. The Morgan fingerprint density at radius 3 is 1.33 bits per heavy atom. The fourth-order valence-electron chi connectivity index (χ4n) is 2.54. The van der Waals surface area contributed by atoms with E-state index < -0.39 is 0 Å². The Bertz CT molecular complexity index is 225. The highest BCUT2D eigenvalue weighted by atomic mass is 79.9. The summed E-state index contributed by atoms with van der Waals surface area (Å²) < 4.78 is 0.623. The molecule has 0 aromatic heterocycles. The maximum absolute atomic E-state index is 4.85. The standard InChI is InChI=1S/C17H34BrNS2/c18-15-13-11-9-7-5-3-1-2-4-6-8-10-12-14-16-19-17(20)21/h1-16H2,(H2,19,20,21). The largest absolute Gasteiger partial charge is 0.371 e. The number of unbranched alkanes of at least 4 members (excludes halogenated alkanes) is 13. The molecular formula is C17H34BrNS2. The summed E-state index contributed by atoms with van der Waals surface area (Å²) >= 11 is 12.4. The van der Waals surface area contributed by atoms with Crippen molar-refractivity contribution in [1.82, 2.24) is 5.32 Å². The first-order valence-corrected chi connectivity index (χ1v) is 10.8. The molecule has 0 unspecified atom stereocenters. The number of hydrogen-bond acceptors (Lipinski definition) is 1. The highest BCUT2D eigenvalue weighted by Gasteiger charge is 1.94. The van der Waals surface area contributed by atoms with E-state index in [1.165, 1.54) is 95.2 Å². The summed E-state index contributed by atoms with van der Waals surface area (Å²) in [7, 11) is 0. The molecule has 126 valence electrons. The highest BCUT2D eigenvalue weighted by Crippen LogP contribution is 2.13. The van der Waals surface area contributed by atoms with Gasteiger partial charge < -0.3 is 5.32 Å². The lowest BCUT2D eigenvalue weighted by Crippen LogP contribution is -2.17. The number of hydrogen-bond donors (Lipinski definition) is 2. The lowest BCUT2D eigenvalue weighted by Gasteiger charge is -2.04. The molecule has 0 aliphatic rings. The normalized spacial score (nSPS) is 10.8. The molecular weight excluding hydrogens is 362 g/mol. The van der Waals surface area contributed by atoms with Crippen molar-refractivity contribution in [2.45, 2.75) is 89.9 Å². The number of thiocarbonyl (C=S) groups is 1. The van der Waals surface area contributed by atoms with Crippen LogP contribution < -0.4 is 5.32 Å². The molecule has 0 spiro atoms. The van der Waals surface area contributed by atoms with Crippen molar-refractivity contribution >= 4 is 45.1 Å². The third-order valence-corrected chi connectivity index (χ3v) is 4.70. The topological polar surface area (TPSA) is 12.0 Å². The molecule has 0 fully saturated rings. The monoisotopic (exact) mass is 395 g/mol. The fourth-order valence-corrected chi connectivity index (χ4v) is 3.15. The summed E-state index contributed by atoms with van der Waals surface area (Å²) in [4.78, 5) is 0. The lowest BCUT2D eigenvalue weighted by atomic mass is 10.0. The van der Waals surface area contributed by atoms with E-state index in [-0.39, 0.29) is 0 Å². The van der Waals surface area contributed by atoms with Gasteiger partial charge in [-0.05, 0) is 12.8 Å². The molecule has 0 aromatic rings. The zero-order valence-electron chi connectivity index (χ0n) is 13.5. The van der Waals surface area contributed by atoms with Crippen LogP contribution in [0.2, 0.25) is 0 Å². The van der Waals surface area contributed by atoms with Crippen molar-refractivity contribution in [3.63, 3.8) is 0 Å². The Kier molecular flexibility index (Phi) is 19.4. The average Bonchev–Trinajstić information content (AvgIpc) is 2.46. The third-order valence-electron chi connectivity index (χ3n) is 3.84. The van der Waals surface area contributed by atoms with E-state index in [1.54, 1.807) is 0 Å². The minimum absolute atomic E-state index is 0.623. The maximum atomic E-state index is 4.85. The van der Waals surface area contributed by atoms with E-state index in [0.29, 0.717) is 4.32 Å². The van der Waals surface area contributed by atoms with Crippen molar-refractivity contribution in [3.05, 3.63) is 0 Å². The smallest absolute Gasteiger partial charge is 0.130 e. The average molecular weight is 397 g/mol. The van der Waals surface area contributed by atoms with Gasteiger partial charge in [0, 0.05) is 11.9 Å². The number of alkyl halides is 1. The molecule has 4 heteroatoms. The van der Waals surface area contributed by atoms with Crippen LogP contribution in [0.1, 0.15) is 89.9 Å². The molecule has 0 amide bonds. The predicted octanol–water partition coefficient (Wildman–Crippen LogP) is 6.65. The third kappa shape index (κ3) is 20.7. The summed E-state index contributed by atoms with van der Waals surface area (Å²) in [5.74, 6) is 0.